The average molecular weight is 247 g/mol. The zero-order valence-electron chi connectivity index (χ0n) is 11.7. The van der Waals surface area contributed by atoms with Crippen LogP contribution in [0.15, 0.2) is 18.2 Å². The molecule has 0 atom stereocenters. The summed E-state index contributed by atoms with van der Waals surface area (Å²) in [5.41, 5.74) is 1.46. The summed E-state index contributed by atoms with van der Waals surface area (Å²) in [5, 5.41) is 12.5. The maximum absolute atomic E-state index is 12.3. The highest BCUT2D eigenvalue weighted by Gasteiger charge is 2.68. The fourth-order valence-corrected chi connectivity index (χ4v) is 2.82. The second-order valence-corrected chi connectivity index (χ2v) is 6.32. The number of carbonyl (C=O) groups is 1. The van der Waals surface area contributed by atoms with Crippen LogP contribution in [0.2, 0.25) is 0 Å². The van der Waals surface area contributed by atoms with Crippen molar-refractivity contribution in [3.8, 4) is 5.75 Å². The highest BCUT2D eigenvalue weighted by molar-refractivity contribution is 5.96. The lowest BCUT2D eigenvalue weighted by Gasteiger charge is -2.10. The minimum Gasteiger partial charge on any atom is -0.508 e. The van der Waals surface area contributed by atoms with Crippen molar-refractivity contribution in [2.75, 3.05) is 5.32 Å². The summed E-state index contributed by atoms with van der Waals surface area (Å²) in [4.78, 5) is 12.3. The Morgan fingerprint density at radius 3 is 2.28 bits per heavy atom. The Labute approximate surface area is 108 Å². The van der Waals surface area contributed by atoms with Gasteiger partial charge in [0, 0.05) is 17.2 Å². The van der Waals surface area contributed by atoms with Crippen molar-refractivity contribution in [3.05, 3.63) is 23.8 Å². The quantitative estimate of drug-likeness (QED) is 0.842. The highest BCUT2D eigenvalue weighted by atomic mass is 16.3. The third-order valence-corrected chi connectivity index (χ3v) is 4.85. The first-order valence-corrected chi connectivity index (χ1v) is 6.29. The van der Waals surface area contributed by atoms with Gasteiger partial charge in [-0.05, 0) is 29.9 Å². The molecule has 0 aromatic heterocycles. The van der Waals surface area contributed by atoms with E-state index in [4.69, 9.17) is 0 Å². The molecule has 0 bridgehead atoms. The molecule has 1 aromatic carbocycles. The number of phenols is 1. The van der Waals surface area contributed by atoms with Crippen LogP contribution in [0.1, 0.15) is 33.3 Å². The molecule has 3 heteroatoms. The number of phenolic OH excluding ortho intramolecular Hbond substituents is 1. The number of nitrogens with one attached hydrogen (secondary N) is 1. The van der Waals surface area contributed by atoms with Gasteiger partial charge < -0.3 is 10.4 Å². The molecule has 1 aromatic rings. The Bertz CT molecular complexity index is 489. The minimum absolute atomic E-state index is 0.0201. The van der Waals surface area contributed by atoms with Gasteiger partial charge in [0.25, 0.3) is 0 Å². The van der Waals surface area contributed by atoms with Gasteiger partial charge in [0.2, 0.25) is 5.91 Å². The molecule has 1 fully saturated rings. The monoisotopic (exact) mass is 247 g/mol. The molecule has 1 aliphatic rings. The van der Waals surface area contributed by atoms with E-state index >= 15 is 0 Å². The maximum Gasteiger partial charge on any atom is 0.228 e. The van der Waals surface area contributed by atoms with Crippen molar-refractivity contribution < 1.29 is 9.90 Å². The summed E-state index contributed by atoms with van der Waals surface area (Å²) in [6, 6.07) is 5.17. The smallest absolute Gasteiger partial charge is 0.228 e. The second-order valence-electron chi connectivity index (χ2n) is 6.32. The van der Waals surface area contributed by atoms with Crippen molar-refractivity contribution in [2.45, 2.75) is 34.6 Å². The Kier molecular flexibility index (Phi) is 2.69. The van der Waals surface area contributed by atoms with Gasteiger partial charge >= 0.3 is 0 Å². The predicted octanol–water partition coefficient (Wildman–Crippen LogP) is 3.32. The Hall–Kier alpha value is -1.51. The van der Waals surface area contributed by atoms with E-state index in [2.05, 4.69) is 33.0 Å². The molecular weight excluding hydrogens is 226 g/mol. The third kappa shape index (κ3) is 1.69. The number of anilines is 1. The number of hydrogen-bond acceptors (Lipinski definition) is 2. The fraction of sp³-hybridized carbons (Fsp3) is 0.533. The van der Waals surface area contributed by atoms with Gasteiger partial charge in [-0.15, -0.1) is 0 Å². The van der Waals surface area contributed by atoms with Crippen LogP contribution in [0.4, 0.5) is 5.69 Å². The second kappa shape index (κ2) is 3.74. The van der Waals surface area contributed by atoms with Crippen LogP contribution in [0.5, 0.6) is 5.75 Å². The zero-order valence-corrected chi connectivity index (χ0v) is 11.7. The first kappa shape index (κ1) is 12.9. The Morgan fingerprint density at radius 2 is 1.78 bits per heavy atom. The fourth-order valence-electron chi connectivity index (χ4n) is 2.82. The third-order valence-electron chi connectivity index (χ3n) is 4.85. The van der Waals surface area contributed by atoms with Gasteiger partial charge in [-0.3, -0.25) is 4.79 Å². The van der Waals surface area contributed by atoms with E-state index in [0.717, 1.165) is 0 Å². The zero-order chi connectivity index (χ0) is 13.7. The number of aromatic hydroxyl groups is 1. The molecule has 3 nitrogen and oxygen atoms in total. The summed E-state index contributed by atoms with van der Waals surface area (Å²) in [6.45, 7) is 10.3. The normalized spacial score (nSPS) is 20.5. The van der Waals surface area contributed by atoms with Crippen molar-refractivity contribution in [1.82, 2.24) is 0 Å². The molecule has 1 saturated carbocycles. The van der Waals surface area contributed by atoms with Gasteiger partial charge in [0.15, 0.2) is 0 Å². The van der Waals surface area contributed by atoms with Crippen molar-refractivity contribution in [3.63, 3.8) is 0 Å². The van der Waals surface area contributed by atoms with E-state index in [9.17, 15) is 9.90 Å². The van der Waals surface area contributed by atoms with E-state index in [-0.39, 0.29) is 28.4 Å². The number of hydrogen-bond donors (Lipinski definition) is 2. The van der Waals surface area contributed by atoms with E-state index in [1.165, 1.54) is 0 Å². The summed E-state index contributed by atoms with van der Waals surface area (Å²) in [5.74, 6) is 0.271. The summed E-state index contributed by atoms with van der Waals surface area (Å²) in [6.07, 6.45) is 0. The molecule has 0 unspecified atom stereocenters. The lowest BCUT2D eigenvalue weighted by Crippen LogP contribution is -2.18. The predicted molar refractivity (Wildman–Crippen MR) is 72.5 cm³/mol. The van der Waals surface area contributed by atoms with Gasteiger partial charge in [-0.25, -0.2) is 0 Å². The molecule has 2 rings (SSSR count). The molecule has 0 aliphatic heterocycles. The molecule has 0 radical (unpaired) electrons. The van der Waals surface area contributed by atoms with Crippen molar-refractivity contribution >= 4 is 11.6 Å². The largest absolute Gasteiger partial charge is 0.508 e. The van der Waals surface area contributed by atoms with Gasteiger partial charge in [-0.2, -0.15) is 0 Å². The van der Waals surface area contributed by atoms with E-state index in [1.54, 1.807) is 19.1 Å². The molecule has 0 saturated heterocycles. The molecule has 0 heterocycles. The molecule has 2 N–H and O–H groups in total. The van der Waals surface area contributed by atoms with Crippen LogP contribution in [-0.2, 0) is 4.79 Å². The van der Waals surface area contributed by atoms with E-state index < -0.39 is 0 Å². The van der Waals surface area contributed by atoms with Gasteiger partial charge in [0.05, 0.1) is 0 Å². The number of rotatable bonds is 2. The summed E-state index contributed by atoms with van der Waals surface area (Å²) >= 11 is 0. The molecule has 1 aliphatic carbocycles. The van der Waals surface area contributed by atoms with Crippen molar-refractivity contribution in [1.29, 1.82) is 0 Å². The van der Waals surface area contributed by atoms with Crippen LogP contribution in [0, 0.1) is 23.7 Å². The SMILES string of the molecule is Cc1c(O)cccc1NC(=O)C1C(C)(C)C1(C)C. The first-order valence-electron chi connectivity index (χ1n) is 6.29. The van der Waals surface area contributed by atoms with Gasteiger partial charge in [-0.1, -0.05) is 33.8 Å². The number of benzene rings is 1. The standard InChI is InChI=1S/C15H21NO2/c1-9-10(7-6-8-11(9)17)16-13(18)12-14(2,3)15(12,4)5/h6-8,12,17H,1-5H3,(H,16,18). The first-order chi connectivity index (χ1) is 8.19. The molecule has 98 valence electrons. The molecule has 18 heavy (non-hydrogen) atoms. The van der Waals surface area contributed by atoms with E-state index in [1.807, 2.05) is 6.07 Å². The highest BCUT2D eigenvalue weighted by Crippen LogP contribution is 2.68. The van der Waals surface area contributed by atoms with E-state index in [0.29, 0.717) is 11.3 Å². The summed E-state index contributed by atoms with van der Waals surface area (Å²) in [7, 11) is 0. The lowest BCUT2D eigenvalue weighted by molar-refractivity contribution is -0.118. The number of amides is 1. The van der Waals surface area contributed by atoms with Crippen LogP contribution in [-0.4, -0.2) is 11.0 Å². The van der Waals surface area contributed by atoms with Gasteiger partial charge in [0.1, 0.15) is 5.75 Å². The topological polar surface area (TPSA) is 49.3 Å². The van der Waals surface area contributed by atoms with Crippen molar-refractivity contribution in [2.24, 2.45) is 16.7 Å². The average Bonchev–Trinajstić information content (AvgIpc) is 2.65. The minimum atomic E-state index is 0.0201. The summed E-state index contributed by atoms with van der Waals surface area (Å²) < 4.78 is 0. The Balaban J connectivity index is 2.17. The molecule has 1 amide bonds. The van der Waals surface area contributed by atoms with Crippen LogP contribution in [0.3, 0.4) is 0 Å². The lowest BCUT2D eigenvalue weighted by atomic mass is 10.0. The molecular formula is C15H21NO2. The Morgan fingerprint density at radius 1 is 1.22 bits per heavy atom. The maximum atomic E-state index is 12.3. The van der Waals surface area contributed by atoms with Crippen LogP contribution < -0.4 is 5.32 Å². The molecule has 0 spiro atoms. The number of carbonyl (C=O) groups excluding carboxylic acids is 1. The van der Waals surface area contributed by atoms with Crippen LogP contribution in [0.25, 0.3) is 0 Å². The van der Waals surface area contributed by atoms with Crippen LogP contribution >= 0.6 is 0 Å².